The summed E-state index contributed by atoms with van der Waals surface area (Å²) in [6.45, 7) is 2.82. The number of nitrogens with one attached hydrogen (secondary N) is 2. The first kappa shape index (κ1) is 27.7. The molecule has 0 amide bonds. The third kappa shape index (κ3) is 6.76. The molecule has 4 rings (SSSR count). The number of imidazole rings is 1. The SMILES string of the molecule is Cc1ccnc(C)c1Nc1nc2nc(OCC(F)F)c(C(=O)CCCC3CCC(C(F)(F)F)CC3)cc2[nH]1. The maximum absolute atomic E-state index is 13.1. The predicted molar refractivity (Wildman–Crippen MR) is 132 cm³/mol. The molecular weight excluding hydrogens is 509 g/mol. The zero-order chi connectivity index (χ0) is 27.4. The molecule has 3 aromatic rings. The van der Waals surface area contributed by atoms with Crippen molar-refractivity contribution in [2.75, 3.05) is 11.9 Å². The molecule has 1 saturated carbocycles. The van der Waals surface area contributed by atoms with Crippen LogP contribution in [0.2, 0.25) is 0 Å². The van der Waals surface area contributed by atoms with E-state index in [2.05, 4.69) is 25.3 Å². The fraction of sp³-hybridized carbons (Fsp3) is 0.538. The third-order valence-corrected chi connectivity index (χ3v) is 7.00. The topological polar surface area (TPSA) is 92.8 Å². The zero-order valence-corrected chi connectivity index (χ0v) is 21.2. The fourth-order valence-electron chi connectivity index (χ4n) is 4.90. The highest BCUT2D eigenvalue weighted by Gasteiger charge is 2.41. The molecule has 0 bridgehead atoms. The van der Waals surface area contributed by atoms with Gasteiger partial charge in [0.2, 0.25) is 11.8 Å². The molecule has 12 heteroatoms. The van der Waals surface area contributed by atoms with Crippen molar-refractivity contribution >= 4 is 28.6 Å². The van der Waals surface area contributed by atoms with Gasteiger partial charge in [-0.1, -0.05) is 6.42 Å². The van der Waals surface area contributed by atoms with E-state index in [4.69, 9.17) is 4.74 Å². The number of halogens is 5. The first-order valence-corrected chi connectivity index (χ1v) is 12.6. The van der Waals surface area contributed by atoms with Crippen molar-refractivity contribution in [1.29, 1.82) is 0 Å². The molecule has 0 atom stereocenters. The molecule has 0 spiro atoms. The van der Waals surface area contributed by atoms with Crippen LogP contribution in [0.25, 0.3) is 11.2 Å². The van der Waals surface area contributed by atoms with E-state index in [0.717, 1.165) is 16.9 Å². The van der Waals surface area contributed by atoms with Crippen LogP contribution in [0.5, 0.6) is 5.88 Å². The summed E-state index contributed by atoms with van der Waals surface area (Å²) in [7, 11) is 0. The Morgan fingerprint density at radius 1 is 1.18 bits per heavy atom. The number of alkyl halides is 5. The molecule has 2 N–H and O–H groups in total. The maximum atomic E-state index is 13.1. The minimum atomic E-state index is -4.15. The minimum absolute atomic E-state index is 0.0582. The van der Waals surface area contributed by atoms with Gasteiger partial charge in [0.25, 0.3) is 6.43 Å². The Balaban J connectivity index is 1.46. The Hall–Kier alpha value is -3.31. The predicted octanol–water partition coefficient (Wildman–Crippen LogP) is 7.08. The van der Waals surface area contributed by atoms with Crippen molar-refractivity contribution in [3.05, 3.63) is 35.2 Å². The molecule has 0 aliphatic heterocycles. The molecule has 1 aliphatic carbocycles. The largest absolute Gasteiger partial charge is 0.471 e. The number of aromatic amines is 1. The van der Waals surface area contributed by atoms with Crippen LogP contribution in [0.15, 0.2) is 18.3 Å². The molecule has 1 aliphatic rings. The number of hydrogen-bond acceptors (Lipinski definition) is 6. The second-order valence-corrected chi connectivity index (χ2v) is 9.79. The van der Waals surface area contributed by atoms with Gasteiger partial charge in [-0.2, -0.15) is 23.1 Å². The highest BCUT2D eigenvalue weighted by molar-refractivity contribution is 6.00. The Morgan fingerprint density at radius 3 is 2.58 bits per heavy atom. The normalized spacial score (nSPS) is 18.2. The van der Waals surface area contributed by atoms with Crippen molar-refractivity contribution in [2.45, 2.75) is 71.4 Å². The van der Waals surface area contributed by atoms with Crippen LogP contribution >= 0.6 is 0 Å². The number of nitrogens with zero attached hydrogens (tertiary/aromatic N) is 3. The van der Waals surface area contributed by atoms with E-state index < -0.39 is 25.1 Å². The number of rotatable bonds is 10. The number of pyridine rings is 2. The number of hydrogen-bond donors (Lipinski definition) is 2. The zero-order valence-electron chi connectivity index (χ0n) is 21.2. The van der Waals surface area contributed by atoms with Gasteiger partial charge in [-0.05, 0) is 69.6 Å². The standard InChI is InChI=1S/C26H30F5N5O2/c1-14-10-11-32-15(2)22(14)34-25-33-19-12-18(24(35-23(19)36-25)38-13-21(27)28)20(37)5-3-4-16-6-8-17(9-7-16)26(29,30)31/h10-12,16-17,21H,3-9,13H2,1-2H3,(H2,33,34,35,36). The summed E-state index contributed by atoms with van der Waals surface area (Å²) >= 11 is 0. The van der Waals surface area contributed by atoms with Crippen LogP contribution in [-0.4, -0.2) is 44.9 Å². The van der Waals surface area contributed by atoms with Gasteiger partial charge in [-0.25, -0.2) is 8.78 Å². The smallest absolute Gasteiger partial charge is 0.391 e. The molecule has 3 heterocycles. The average Bonchev–Trinajstić information content (AvgIpc) is 3.25. The van der Waals surface area contributed by atoms with Gasteiger partial charge < -0.3 is 15.0 Å². The lowest BCUT2D eigenvalue weighted by Crippen LogP contribution is -2.27. The molecule has 7 nitrogen and oxygen atoms in total. The van der Waals surface area contributed by atoms with Crippen LogP contribution in [0.1, 0.15) is 66.6 Å². The number of anilines is 2. The lowest BCUT2D eigenvalue weighted by molar-refractivity contribution is -0.184. The molecule has 3 aromatic heterocycles. The summed E-state index contributed by atoms with van der Waals surface area (Å²) in [5.74, 6) is -1.33. The fourth-order valence-corrected chi connectivity index (χ4v) is 4.90. The summed E-state index contributed by atoms with van der Waals surface area (Å²) in [4.78, 5) is 28.9. The first-order chi connectivity index (χ1) is 18.0. The summed E-state index contributed by atoms with van der Waals surface area (Å²) in [5.41, 5.74) is 3.11. The van der Waals surface area contributed by atoms with Gasteiger partial charge in [-0.15, -0.1) is 0 Å². The van der Waals surface area contributed by atoms with Crippen LogP contribution in [0, 0.1) is 25.7 Å². The van der Waals surface area contributed by atoms with Gasteiger partial charge >= 0.3 is 6.18 Å². The van der Waals surface area contributed by atoms with Gasteiger partial charge in [-0.3, -0.25) is 9.78 Å². The van der Waals surface area contributed by atoms with Crippen LogP contribution in [-0.2, 0) is 0 Å². The Morgan fingerprint density at radius 2 is 1.92 bits per heavy atom. The summed E-state index contributed by atoms with van der Waals surface area (Å²) in [5, 5.41) is 3.15. The van der Waals surface area contributed by atoms with Crippen LogP contribution < -0.4 is 10.1 Å². The molecule has 0 unspecified atom stereocenters. The number of Topliss-reactive ketones (excluding diaryl/α,β-unsaturated/α-hetero) is 1. The van der Waals surface area contributed by atoms with Crippen LogP contribution in [0.4, 0.5) is 33.6 Å². The number of aryl methyl sites for hydroxylation is 2. The molecule has 1 fully saturated rings. The van der Waals surface area contributed by atoms with Gasteiger partial charge in [0.1, 0.15) is 0 Å². The van der Waals surface area contributed by atoms with Gasteiger partial charge in [0, 0.05) is 12.6 Å². The van der Waals surface area contributed by atoms with E-state index in [1.807, 2.05) is 19.9 Å². The van der Waals surface area contributed by atoms with Gasteiger partial charge in [0.15, 0.2) is 18.0 Å². The lowest BCUT2D eigenvalue weighted by Gasteiger charge is -2.29. The highest BCUT2D eigenvalue weighted by atomic mass is 19.4. The minimum Gasteiger partial charge on any atom is -0.471 e. The maximum Gasteiger partial charge on any atom is 0.391 e. The number of carbonyl (C=O) groups excluding carboxylic acids is 1. The summed E-state index contributed by atoms with van der Waals surface area (Å²) in [6, 6.07) is 3.33. The summed E-state index contributed by atoms with van der Waals surface area (Å²) in [6.07, 6.45) is -2.83. The third-order valence-electron chi connectivity index (χ3n) is 7.00. The van der Waals surface area contributed by atoms with Crippen molar-refractivity contribution in [3.8, 4) is 5.88 Å². The second-order valence-electron chi connectivity index (χ2n) is 9.79. The Labute approximate surface area is 216 Å². The molecule has 0 saturated heterocycles. The molecular formula is C26H30F5N5O2. The summed E-state index contributed by atoms with van der Waals surface area (Å²) < 4.78 is 69.6. The van der Waals surface area contributed by atoms with E-state index in [1.54, 1.807) is 6.20 Å². The van der Waals surface area contributed by atoms with Gasteiger partial charge in [0.05, 0.1) is 28.4 Å². The Kier molecular flexibility index (Phi) is 8.47. The highest BCUT2D eigenvalue weighted by Crippen LogP contribution is 2.41. The van der Waals surface area contributed by atoms with Crippen molar-refractivity contribution in [2.24, 2.45) is 11.8 Å². The molecule has 0 aromatic carbocycles. The van der Waals surface area contributed by atoms with Crippen molar-refractivity contribution < 1.29 is 31.5 Å². The van der Waals surface area contributed by atoms with E-state index in [9.17, 15) is 26.7 Å². The van der Waals surface area contributed by atoms with E-state index in [-0.39, 0.29) is 48.1 Å². The molecule has 38 heavy (non-hydrogen) atoms. The number of H-pyrrole nitrogens is 1. The monoisotopic (exact) mass is 539 g/mol. The second kappa shape index (κ2) is 11.6. The van der Waals surface area contributed by atoms with E-state index in [1.165, 1.54) is 6.07 Å². The number of aromatic nitrogens is 4. The number of fused-ring (bicyclic) bond motifs is 1. The van der Waals surface area contributed by atoms with Crippen LogP contribution in [0.3, 0.4) is 0 Å². The molecule has 206 valence electrons. The van der Waals surface area contributed by atoms with Crippen molar-refractivity contribution in [3.63, 3.8) is 0 Å². The Bertz CT molecular complexity index is 1250. The average molecular weight is 540 g/mol. The van der Waals surface area contributed by atoms with E-state index >= 15 is 0 Å². The number of ketones is 1. The number of ether oxygens (including phenoxy) is 1. The molecule has 0 radical (unpaired) electrons. The first-order valence-electron chi connectivity index (χ1n) is 12.6. The number of carbonyl (C=O) groups is 1. The quantitative estimate of drug-likeness (QED) is 0.211. The van der Waals surface area contributed by atoms with Crippen molar-refractivity contribution in [1.82, 2.24) is 19.9 Å². The van der Waals surface area contributed by atoms with E-state index in [0.29, 0.717) is 37.1 Å². The lowest BCUT2D eigenvalue weighted by atomic mass is 9.79.